The first-order valence-corrected chi connectivity index (χ1v) is 6.07. The third kappa shape index (κ3) is 2.63. The molecule has 2 rings (SSSR count). The molecule has 0 saturated carbocycles. The fraction of sp³-hybridized carbons (Fsp3) is 0.818. The summed E-state index contributed by atoms with van der Waals surface area (Å²) in [4.78, 5) is 18.0. The van der Waals surface area contributed by atoms with Crippen LogP contribution in [0.3, 0.4) is 0 Å². The van der Waals surface area contributed by atoms with E-state index in [-0.39, 0.29) is 11.8 Å². The molecule has 1 saturated heterocycles. The van der Waals surface area contributed by atoms with Crippen molar-refractivity contribution >= 4 is 11.8 Å². The van der Waals surface area contributed by atoms with Crippen molar-refractivity contribution < 1.29 is 19.4 Å². The average Bonchev–Trinajstić information content (AvgIpc) is 2.85. The van der Waals surface area contributed by atoms with E-state index in [1.165, 1.54) is 7.11 Å². The number of carbonyl (C=O) groups excluding carboxylic acids is 1. The predicted molar refractivity (Wildman–Crippen MR) is 64.3 cm³/mol. The maximum absolute atomic E-state index is 11.9. The summed E-state index contributed by atoms with van der Waals surface area (Å²) >= 11 is 0. The summed E-state index contributed by atoms with van der Waals surface area (Å²) in [5.74, 6) is 0.0354. The Bertz CT molecular complexity index is 337. The first kappa shape index (κ1) is 13.3. The zero-order valence-electron chi connectivity index (χ0n) is 10.5. The Hall–Kier alpha value is -1.18. The summed E-state index contributed by atoms with van der Waals surface area (Å²) in [6, 6.07) is 0. The Morgan fingerprint density at radius 1 is 1.67 bits per heavy atom. The van der Waals surface area contributed by atoms with Crippen LogP contribution < -0.4 is 5.32 Å². The first-order valence-electron chi connectivity index (χ1n) is 6.07. The predicted octanol–water partition coefficient (Wildman–Crippen LogP) is -1.43. The van der Waals surface area contributed by atoms with Crippen molar-refractivity contribution in [2.45, 2.75) is 12.1 Å². The molecule has 0 radical (unpaired) electrons. The lowest BCUT2D eigenvalue weighted by Crippen LogP contribution is -2.61. The van der Waals surface area contributed by atoms with Crippen molar-refractivity contribution in [3.8, 4) is 0 Å². The molecule has 2 aliphatic rings. The zero-order valence-corrected chi connectivity index (χ0v) is 10.5. The highest BCUT2D eigenvalue weighted by atomic mass is 16.6. The number of hydrogen-bond donors (Lipinski definition) is 2. The molecule has 1 fully saturated rings. The van der Waals surface area contributed by atoms with Gasteiger partial charge in [-0.3, -0.25) is 9.69 Å². The molecule has 0 aromatic heterocycles. The number of aliphatic hydroxyl groups excluding tert-OH is 1. The van der Waals surface area contributed by atoms with Crippen LogP contribution in [0.15, 0.2) is 4.99 Å². The van der Waals surface area contributed by atoms with Crippen molar-refractivity contribution in [1.82, 2.24) is 10.2 Å². The summed E-state index contributed by atoms with van der Waals surface area (Å²) in [7, 11) is 1.41. The van der Waals surface area contributed by atoms with E-state index in [0.717, 1.165) is 19.5 Å². The van der Waals surface area contributed by atoms with Crippen molar-refractivity contribution in [2.75, 3.05) is 46.5 Å². The quantitative estimate of drug-likeness (QED) is 0.570. The molecule has 2 heterocycles. The standard InChI is InChI=1S/C11H19N3O4/c1-17-11(8-15,10-12-3-6-18-10)13-9(16)7-14-4-2-5-14/h15H,2-8H2,1H3,(H,13,16). The number of aliphatic imine (C=N–C) groups is 1. The summed E-state index contributed by atoms with van der Waals surface area (Å²) in [6.07, 6.45) is 1.12. The minimum atomic E-state index is -1.35. The van der Waals surface area contributed by atoms with Crippen LogP contribution >= 0.6 is 0 Å². The van der Waals surface area contributed by atoms with Crippen molar-refractivity contribution in [3.05, 3.63) is 0 Å². The molecule has 0 aromatic rings. The molecule has 1 atom stereocenters. The first-order chi connectivity index (χ1) is 8.70. The lowest BCUT2D eigenvalue weighted by molar-refractivity contribution is -0.132. The molecule has 0 aromatic carbocycles. The lowest BCUT2D eigenvalue weighted by Gasteiger charge is -2.33. The van der Waals surface area contributed by atoms with E-state index in [0.29, 0.717) is 19.7 Å². The smallest absolute Gasteiger partial charge is 0.241 e. The second-order valence-corrected chi connectivity index (χ2v) is 4.40. The number of rotatable bonds is 6. The number of likely N-dealkylation sites (tertiary alicyclic amines) is 1. The van der Waals surface area contributed by atoms with Gasteiger partial charge in [0.05, 0.1) is 13.1 Å². The van der Waals surface area contributed by atoms with Gasteiger partial charge in [-0.1, -0.05) is 0 Å². The average molecular weight is 257 g/mol. The number of amides is 1. The van der Waals surface area contributed by atoms with Gasteiger partial charge in [0.15, 0.2) is 0 Å². The number of aliphatic hydroxyl groups is 1. The molecule has 1 amide bonds. The molecule has 0 bridgehead atoms. The molecule has 0 aliphatic carbocycles. The van der Waals surface area contributed by atoms with Crippen LogP contribution in [0.2, 0.25) is 0 Å². The highest BCUT2D eigenvalue weighted by Gasteiger charge is 2.41. The van der Waals surface area contributed by atoms with Crippen LogP contribution in [0.4, 0.5) is 0 Å². The molecule has 18 heavy (non-hydrogen) atoms. The van der Waals surface area contributed by atoms with E-state index in [1.54, 1.807) is 0 Å². The van der Waals surface area contributed by atoms with Gasteiger partial charge in [0.1, 0.15) is 13.2 Å². The Kier molecular flexibility index (Phi) is 4.15. The molecule has 2 aliphatic heterocycles. The molecule has 102 valence electrons. The molecular formula is C11H19N3O4. The fourth-order valence-electron chi connectivity index (χ4n) is 1.95. The second-order valence-electron chi connectivity index (χ2n) is 4.40. The van der Waals surface area contributed by atoms with Gasteiger partial charge in [0.2, 0.25) is 17.5 Å². The number of nitrogens with zero attached hydrogens (tertiary/aromatic N) is 2. The van der Waals surface area contributed by atoms with Gasteiger partial charge in [-0.05, 0) is 19.5 Å². The van der Waals surface area contributed by atoms with Gasteiger partial charge in [-0.15, -0.1) is 0 Å². The number of carbonyl (C=O) groups is 1. The third-order valence-electron chi connectivity index (χ3n) is 3.16. The largest absolute Gasteiger partial charge is 0.475 e. The van der Waals surface area contributed by atoms with Gasteiger partial charge in [0, 0.05) is 7.11 Å². The van der Waals surface area contributed by atoms with E-state index in [9.17, 15) is 9.90 Å². The van der Waals surface area contributed by atoms with Crippen LogP contribution in [-0.2, 0) is 14.3 Å². The monoisotopic (exact) mass is 257 g/mol. The molecular weight excluding hydrogens is 238 g/mol. The van der Waals surface area contributed by atoms with Crippen LogP contribution in [0.5, 0.6) is 0 Å². The Morgan fingerprint density at radius 2 is 2.44 bits per heavy atom. The Balaban J connectivity index is 1.97. The van der Waals surface area contributed by atoms with Gasteiger partial charge in [-0.2, -0.15) is 0 Å². The van der Waals surface area contributed by atoms with E-state index in [2.05, 4.69) is 10.3 Å². The van der Waals surface area contributed by atoms with Crippen LogP contribution in [0.1, 0.15) is 6.42 Å². The van der Waals surface area contributed by atoms with Crippen molar-refractivity contribution in [1.29, 1.82) is 0 Å². The molecule has 7 nitrogen and oxygen atoms in total. The zero-order chi connectivity index (χ0) is 13.0. The maximum atomic E-state index is 11.9. The van der Waals surface area contributed by atoms with Gasteiger partial charge >= 0.3 is 0 Å². The van der Waals surface area contributed by atoms with E-state index < -0.39 is 12.3 Å². The SMILES string of the molecule is COC(CO)(NC(=O)CN1CCC1)C1=NCCO1. The van der Waals surface area contributed by atoms with Gasteiger partial charge in [0.25, 0.3) is 0 Å². The second kappa shape index (κ2) is 5.64. The maximum Gasteiger partial charge on any atom is 0.241 e. The van der Waals surface area contributed by atoms with Crippen molar-refractivity contribution in [2.24, 2.45) is 4.99 Å². The molecule has 7 heteroatoms. The van der Waals surface area contributed by atoms with Crippen LogP contribution in [0.25, 0.3) is 0 Å². The Morgan fingerprint density at radius 3 is 2.89 bits per heavy atom. The minimum absolute atomic E-state index is 0.205. The summed E-state index contributed by atoms with van der Waals surface area (Å²) in [5.41, 5.74) is -1.35. The normalized spacial score (nSPS) is 22.7. The Labute approximate surface area is 106 Å². The molecule has 2 N–H and O–H groups in total. The third-order valence-corrected chi connectivity index (χ3v) is 3.16. The fourth-order valence-corrected chi connectivity index (χ4v) is 1.95. The number of ether oxygens (including phenoxy) is 2. The minimum Gasteiger partial charge on any atom is -0.475 e. The highest BCUT2D eigenvalue weighted by Crippen LogP contribution is 2.14. The van der Waals surface area contributed by atoms with Crippen LogP contribution in [0, 0.1) is 0 Å². The summed E-state index contributed by atoms with van der Waals surface area (Å²) < 4.78 is 10.5. The van der Waals surface area contributed by atoms with Crippen LogP contribution in [-0.4, -0.2) is 74.0 Å². The van der Waals surface area contributed by atoms with E-state index >= 15 is 0 Å². The highest BCUT2D eigenvalue weighted by molar-refractivity contribution is 5.91. The molecule has 0 spiro atoms. The number of methoxy groups -OCH3 is 1. The van der Waals surface area contributed by atoms with Gasteiger partial charge in [-0.25, -0.2) is 4.99 Å². The van der Waals surface area contributed by atoms with E-state index in [4.69, 9.17) is 9.47 Å². The topological polar surface area (TPSA) is 83.4 Å². The van der Waals surface area contributed by atoms with Crippen molar-refractivity contribution in [3.63, 3.8) is 0 Å². The number of nitrogens with one attached hydrogen (secondary N) is 1. The van der Waals surface area contributed by atoms with Gasteiger partial charge < -0.3 is 19.9 Å². The molecule has 1 unspecified atom stereocenters. The van der Waals surface area contributed by atoms with E-state index in [1.807, 2.05) is 4.90 Å². The lowest BCUT2D eigenvalue weighted by atomic mass is 10.2. The summed E-state index contributed by atoms with van der Waals surface area (Å²) in [6.45, 7) is 2.73. The number of hydrogen-bond acceptors (Lipinski definition) is 6. The summed E-state index contributed by atoms with van der Waals surface area (Å²) in [5, 5.41) is 12.1.